The smallest absolute Gasteiger partial charge is 0.469 e. The summed E-state index contributed by atoms with van der Waals surface area (Å²) in [5, 5.41) is 21.9. The summed E-state index contributed by atoms with van der Waals surface area (Å²) in [4.78, 5) is 32.1. The highest BCUT2D eigenvalue weighted by Crippen LogP contribution is 2.38. The van der Waals surface area contributed by atoms with Crippen LogP contribution in [0.5, 0.6) is 5.75 Å². The van der Waals surface area contributed by atoms with Gasteiger partial charge in [-0.2, -0.15) is 0 Å². The molecule has 1 unspecified atom stereocenters. The van der Waals surface area contributed by atoms with Crippen molar-refractivity contribution >= 4 is 13.8 Å². The first-order valence-corrected chi connectivity index (χ1v) is 9.20. The number of phosphoric ester groups is 1. The quantitative estimate of drug-likeness (QED) is 0.233. The van der Waals surface area contributed by atoms with Crippen molar-refractivity contribution in [2.75, 3.05) is 6.54 Å². The molecule has 1 atom stereocenters. The van der Waals surface area contributed by atoms with Gasteiger partial charge in [-0.3, -0.25) is 14.3 Å². The highest BCUT2D eigenvalue weighted by Gasteiger charge is 2.18. The molecule has 0 aliphatic rings. The van der Waals surface area contributed by atoms with Crippen LogP contribution in [-0.4, -0.2) is 43.5 Å². The van der Waals surface area contributed by atoms with Gasteiger partial charge < -0.3 is 31.1 Å². The van der Waals surface area contributed by atoms with E-state index in [0.29, 0.717) is 42.6 Å². The van der Waals surface area contributed by atoms with Crippen LogP contribution in [0.3, 0.4) is 0 Å². The number of pyridine rings is 1. The molecule has 142 valence electrons. The van der Waals surface area contributed by atoms with Gasteiger partial charge >= 0.3 is 13.8 Å². The predicted octanol–water partition coefficient (Wildman–Crippen LogP) is 0.377. The molecule has 11 heteroatoms. The van der Waals surface area contributed by atoms with Crippen molar-refractivity contribution < 1.29 is 33.9 Å². The van der Waals surface area contributed by atoms with Crippen LogP contribution in [0, 0.1) is 6.92 Å². The molecule has 0 saturated heterocycles. The van der Waals surface area contributed by atoms with E-state index in [9.17, 15) is 14.5 Å². The topological polar surface area (TPSA) is 175 Å². The van der Waals surface area contributed by atoms with Gasteiger partial charge in [0.1, 0.15) is 11.8 Å². The standard InChI is InChI=1S/C14H24N3O7P/c1-9-13(18)11(10(6-17-9)8-24-25(21,22)23)7-16-5-3-2-4-12(15)14(19)20/h6,12,16,18H,2-5,7-8,15H2,1H3,(H,19,20)(H2,21,22,23). The zero-order chi connectivity index (χ0) is 19.0. The van der Waals surface area contributed by atoms with Gasteiger partial charge in [0, 0.05) is 23.9 Å². The number of nitrogens with one attached hydrogen (secondary N) is 1. The lowest BCUT2D eigenvalue weighted by atomic mass is 10.1. The number of aryl methyl sites for hydroxylation is 1. The minimum absolute atomic E-state index is 0.0628. The Balaban J connectivity index is 2.54. The number of aromatic nitrogens is 1. The summed E-state index contributed by atoms with van der Waals surface area (Å²) in [6, 6.07) is -0.872. The lowest BCUT2D eigenvalue weighted by Gasteiger charge is -2.14. The summed E-state index contributed by atoms with van der Waals surface area (Å²) < 4.78 is 15.3. The molecule has 0 saturated carbocycles. The largest absolute Gasteiger partial charge is 0.506 e. The molecule has 0 radical (unpaired) electrons. The fourth-order valence-corrected chi connectivity index (χ4v) is 2.42. The number of carboxylic acids is 1. The van der Waals surface area contributed by atoms with Crippen LogP contribution in [-0.2, 0) is 27.0 Å². The summed E-state index contributed by atoms with van der Waals surface area (Å²) in [5.74, 6) is -1.09. The van der Waals surface area contributed by atoms with Crippen molar-refractivity contribution in [3.8, 4) is 5.75 Å². The van der Waals surface area contributed by atoms with Gasteiger partial charge in [-0.25, -0.2) is 4.57 Å². The zero-order valence-corrected chi connectivity index (χ0v) is 14.8. The fraction of sp³-hybridized carbons (Fsp3) is 0.571. The second-order valence-corrected chi connectivity index (χ2v) is 6.82. The maximum absolute atomic E-state index is 10.8. The maximum Gasteiger partial charge on any atom is 0.469 e. The van der Waals surface area contributed by atoms with Gasteiger partial charge in [-0.1, -0.05) is 6.42 Å². The molecule has 0 fully saturated rings. The maximum atomic E-state index is 10.8. The number of unbranched alkanes of at least 4 members (excludes halogenated alkanes) is 1. The van der Waals surface area contributed by atoms with E-state index in [1.807, 2.05) is 0 Å². The van der Waals surface area contributed by atoms with Crippen LogP contribution in [0.1, 0.15) is 36.1 Å². The summed E-state index contributed by atoms with van der Waals surface area (Å²) in [6.45, 7) is 2.04. The zero-order valence-electron chi connectivity index (χ0n) is 13.9. The molecule has 1 aromatic rings. The number of carboxylic acid groups (broad SMARTS) is 1. The number of hydrogen-bond donors (Lipinski definition) is 6. The lowest BCUT2D eigenvalue weighted by molar-refractivity contribution is -0.138. The van der Waals surface area contributed by atoms with Gasteiger partial charge in [0.2, 0.25) is 0 Å². The number of carbonyl (C=O) groups is 1. The summed E-state index contributed by atoms with van der Waals surface area (Å²) in [5.41, 5.74) is 6.62. The van der Waals surface area contributed by atoms with Crippen LogP contribution in [0.15, 0.2) is 6.20 Å². The Morgan fingerprint density at radius 3 is 2.72 bits per heavy atom. The van der Waals surface area contributed by atoms with Gasteiger partial charge in [-0.15, -0.1) is 0 Å². The first-order valence-electron chi connectivity index (χ1n) is 7.67. The molecule has 0 spiro atoms. The number of hydrogen-bond acceptors (Lipinski definition) is 7. The Bertz CT molecular complexity index is 635. The third kappa shape index (κ3) is 7.91. The molecular formula is C14H24N3O7P. The number of nitrogens with two attached hydrogens (primary N) is 1. The molecule has 1 rings (SSSR count). The van der Waals surface area contributed by atoms with Crippen molar-refractivity contribution in [2.45, 2.75) is 45.4 Å². The first-order chi connectivity index (χ1) is 11.6. The summed E-state index contributed by atoms with van der Waals surface area (Å²) in [7, 11) is -4.63. The average molecular weight is 377 g/mol. The number of rotatable bonds is 11. The molecule has 0 amide bonds. The Kier molecular flexibility index (Phi) is 8.43. The minimum Gasteiger partial charge on any atom is -0.506 e. The second-order valence-electron chi connectivity index (χ2n) is 5.58. The monoisotopic (exact) mass is 377 g/mol. The molecule has 1 heterocycles. The van der Waals surface area contributed by atoms with E-state index < -0.39 is 19.8 Å². The van der Waals surface area contributed by atoms with Crippen molar-refractivity contribution in [1.29, 1.82) is 0 Å². The number of phosphoric acid groups is 1. The Morgan fingerprint density at radius 1 is 1.44 bits per heavy atom. The predicted molar refractivity (Wildman–Crippen MR) is 88.6 cm³/mol. The van der Waals surface area contributed by atoms with Gasteiger partial charge in [0.05, 0.1) is 12.3 Å². The van der Waals surface area contributed by atoms with E-state index in [1.54, 1.807) is 6.92 Å². The normalized spacial score (nSPS) is 13.0. The van der Waals surface area contributed by atoms with E-state index >= 15 is 0 Å². The molecule has 7 N–H and O–H groups in total. The number of aliphatic carboxylic acids is 1. The Morgan fingerprint density at radius 2 is 2.12 bits per heavy atom. The third-order valence-electron chi connectivity index (χ3n) is 3.56. The van der Waals surface area contributed by atoms with E-state index in [-0.39, 0.29) is 18.9 Å². The number of nitrogens with zero attached hydrogens (tertiary/aromatic N) is 1. The lowest BCUT2D eigenvalue weighted by Crippen LogP contribution is -2.30. The van der Waals surface area contributed by atoms with Gasteiger partial charge in [-0.05, 0) is 26.3 Å². The molecule has 0 bridgehead atoms. The van der Waals surface area contributed by atoms with E-state index in [0.717, 1.165) is 0 Å². The average Bonchev–Trinajstić information content (AvgIpc) is 2.52. The van der Waals surface area contributed by atoms with Crippen molar-refractivity contribution in [3.05, 3.63) is 23.0 Å². The van der Waals surface area contributed by atoms with E-state index in [4.69, 9.17) is 20.6 Å². The van der Waals surface area contributed by atoms with Gasteiger partial charge in [0.25, 0.3) is 0 Å². The van der Waals surface area contributed by atoms with Crippen molar-refractivity contribution in [2.24, 2.45) is 5.73 Å². The van der Waals surface area contributed by atoms with E-state index in [2.05, 4.69) is 14.8 Å². The summed E-state index contributed by atoms with van der Waals surface area (Å²) >= 11 is 0. The van der Waals surface area contributed by atoms with Crippen molar-refractivity contribution in [1.82, 2.24) is 10.3 Å². The van der Waals surface area contributed by atoms with Crippen LogP contribution in [0.25, 0.3) is 0 Å². The molecule has 0 aromatic carbocycles. The molecule has 25 heavy (non-hydrogen) atoms. The Labute approximate surface area is 145 Å². The molecular weight excluding hydrogens is 353 g/mol. The second kappa shape index (κ2) is 9.81. The fourth-order valence-electron chi connectivity index (χ4n) is 2.11. The number of aromatic hydroxyl groups is 1. The van der Waals surface area contributed by atoms with E-state index in [1.165, 1.54) is 6.20 Å². The molecule has 0 aliphatic heterocycles. The van der Waals surface area contributed by atoms with Crippen LogP contribution in [0.2, 0.25) is 0 Å². The minimum atomic E-state index is -4.63. The Hall–Kier alpha value is -1.55. The SMILES string of the molecule is Cc1ncc(COP(=O)(O)O)c(CNCCCCC(N)C(=O)O)c1O. The van der Waals surface area contributed by atoms with Crippen molar-refractivity contribution in [3.63, 3.8) is 0 Å². The molecule has 0 aliphatic carbocycles. The highest BCUT2D eigenvalue weighted by atomic mass is 31.2. The molecule has 10 nitrogen and oxygen atoms in total. The van der Waals surface area contributed by atoms with Gasteiger partial charge in [0.15, 0.2) is 0 Å². The van der Waals surface area contributed by atoms with Crippen LogP contribution >= 0.6 is 7.82 Å². The summed E-state index contributed by atoms with van der Waals surface area (Å²) in [6.07, 6.45) is 3.10. The van der Waals surface area contributed by atoms with Crippen LogP contribution < -0.4 is 11.1 Å². The third-order valence-corrected chi connectivity index (χ3v) is 4.02. The molecule has 1 aromatic heterocycles. The van der Waals surface area contributed by atoms with Crippen LogP contribution in [0.4, 0.5) is 0 Å². The highest BCUT2D eigenvalue weighted by molar-refractivity contribution is 7.46. The first kappa shape index (κ1) is 21.5.